The molecule has 0 spiro atoms. The molecule has 2 aromatic rings. The summed E-state index contributed by atoms with van der Waals surface area (Å²) >= 11 is 0. The number of carbonyl (C=O) groups is 2. The number of piperazine rings is 1. The van der Waals surface area contributed by atoms with Crippen LogP contribution < -0.4 is 10.2 Å². The van der Waals surface area contributed by atoms with E-state index in [-0.39, 0.29) is 17.2 Å². The van der Waals surface area contributed by atoms with Crippen molar-refractivity contribution < 1.29 is 9.59 Å². The predicted octanol–water partition coefficient (Wildman–Crippen LogP) is 5.16. The number of hydrogen-bond donors (Lipinski definition) is 1. The van der Waals surface area contributed by atoms with Crippen LogP contribution in [0.1, 0.15) is 51.7 Å². The van der Waals surface area contributed by atoms with Gasteiger partial charge in [0.05, 0.1) is 0 Å². The number of benzene rings is 2. The third-order valence-electron chi connectivity index (χ3n) is 5.74. The van der Waals surface area contributed by atoms with Gasteiger partial charge in [-0.1, -0.05) is 58.9 Å². The summed E-state index contributed by atoms with van der Waals surface area (Å²) < 4.78 is 0. The number of anilines is 2. The molecule has 0 atom stereocenters. The van der Waals surface area contributed by atoms with Crippen molar-refractivity contribution in [1.29, 1.82) is 0 Å². The van der Waals surface area contributed by atoms with Crippen LogP contribution in [0.25, 0.3) is 6.08 Å². The summed E-state index contributed by atoms with van der Waals surface area (Å²) in [6, 6.07) is 16.1. The maximum atomic E-state index is 12.5. The minimum absolute atomic E-state index is 0.153. The van der Waals surface area contributed by atoms with Gasteiger partial charge in [-0.25, -0.2) is 0 Å². The van der Waals surface area contributed by atoms with Crippen molar-refractivity contribution >= 4 is 29.3 Å². The molecule has 1 aliphatic heterocycles. The standard InChI is InChI=1S/C27H35N3O2/c1-20(2)22-9-6-21(7-10-22)8-15-25(31)28-23-11-13-24(14-12-23)29-16-18-30(19-17-29)26(32)27(3,4)5/h6-15,20H,16-19H2,1-5H3,(H,28,31)/b15-8+. The van der Waals surface area contributed by atoms with Crippen molar-refractivity contribution in [3.05, 3.63) is 65.7 Å². The molecule has 32 heavy (non-hydrogen) atoms. The molecule has 0 unspecified atom stereocenters. The minimum atomic E-state index is -0.339. The van der Waals surface area contributed by atoms with Gasteiger partial charge in [-0.3, -0.25) is 9.59 Å². The summed E-state index contributed by atoms with van der Waals surface area (Å²) in [5.74, 6) is 0.549. The highest BCUT2D eigenvalue weighted by Gasteiger charge is 2.29. The Hall–Kier alpha value is -3.08. The lowest BCUT2D eigenvalue weighted by Crippen LogP contribution is -2.51. The molecule has 1 fully saturated rings. The van der Waals surface area contributed by atoms with Gasteiger partial charge < -0.3 is 15.1 Å². The molecule has 1 heterocycles. The van der Waals surface area contributed by atoms with Crippen LogP contribution in [0.2, 0.25) is 0 Å². The Bertz CT molecular complexity index is 946. The summed E-state index contributed by atoms with van der Waals surface area (Å²) in [5.41, 5.74) is 3.82. The van der Waals surface area contributed by atoms with Crippen molar-refractivity contribution in [3.63, 3.8) is 0 Å². The molecule has 5 heteroatoms. The van der Waals surface area contributed by atoms with E-state index in [1.807, 2.05) is 68.1 Å². The predicted molar refractivity (Wildman–Crippen MR) is 133 cm³/mol. The lowest BCUT2D eigenvalue weighted by Gasteiger charge is -2.38. The Morgan fingerprint density at radius 1 is 0.906 bits per heavy atom. The second kappa shape index (κ2) is 10.0. The van der Waals surface area contributed by atoms with E-state index < -0.39 is 0 Å². The first-order valence-electron chi connectivity index (χ1n) is 11.4. The van der Waals surface area contributed by atoms with Crippen molar-refractivity contribution in [3.8, 4) is 0 Å². The van der Waals surface area contributed by atoms with Crippen LogP contribution >= 0.6 is 0 Å². The highest BCUT2D eigenvalue weighted by Crippen LogP contribution is 2.23. The van der Waals surface area contributed by atoms with Gasteiger partial charge in [0.2, 0.25) is 11.8 Å². The van der Waals surface area contributed by atoms with E-state index in [9.17, 15) is 9.59 Å². The molecule has 5 nitrogen and oxygen atoms in total. The van der Waals surface area contributed by atoms with Crippen molar-refractivity contribution in [1.82, 2.24) is 4.90 Å². The van der Waals surface area contributed by atoms with Gasteiger partial charge in [0.25, 0.3) is 0 Å². The first kappa shape index (κ1) is 23.6. The lowest BCUT2D eigenvalue weighted by atomic mass is 9.94. The Labute approximate surface area is 192 Å². The largest absolute Gasteiger partial charge is 0.368 e. The van der Waals surface area contributed by atoms with Crippen LogP contribution in [-0.2, 0) is 9.59 Å². The fourth-order valence-corrected chi connectivity index (χ4v) is 3.75. The lowest BCUT2D eigenvalue weighted by molar-refractivity contribution is -0.139. The molecule has 2 aromatic carbocycles. The summed E-state index contributed by atoms with van der Waals surface area (Å²) in [5, 5.41) is 2.91. The van der Waals surface area contributed by atoms with Crippen LogP contribution in [0.15, 0.2) is 54.6 Å². The topological polar surface area (TPSA) is 52.7 Å². The van der Waals surface area contributed by atoms with E-state index in [4.69, 9.17) is 0 Å². The average molecular weight is 434 g/mol. The number of carbonyl (C=O) groups excluding carboxylic acids is 2. The molecule has 0 aromatic heterocycles. The highest BCUT2D eigenvalue weighted by atomic mass is 16.2. The molecule has 0 saturated carbocycles. The minimum Gasteiger partial charge on any atom is -0.368 e. The molecule has 3 rings (SSSR count). The van der Waals surface area contributed by atoms with Crippen LogP contribution in [0.5, 0.6) is 0 Å². The SMILES string of the molecule is CC(C)c1ccc(/C=C/C(=O)Nc2ccc(N3CCN(C(=O)C(C)(C)C)CC3)cc2)cc1. The van der Waals surface area contributed by atoms with Gasteiger partial charge in [-0.2, -0.15) is 0 Å². The van der Waals surface area contributed by atoms with Crippen LogP contribution in [0.3, 0.4) is 0 Å². The summed E-state index contributed by atoms with van der Waals surface area (Å²) in [7, 11) is 0. The fraction of sp³-hybridized carbons (Fsp3) is 0.407. The van der Waals surface area contributed by atoms with E-state index in [0.717, 1.165) is 43.1 Å². The number of amides is 2. The van der Waals surface area contributed by atoms with Gasteiger partial charge in [-0.05, 0) is 47.4 Å². The zero-order chi connectivity index (χ0) is 23.3. The first-order valence-corrected chi connectivity index (χ1v) is 11.4. The molecular formula is C27H35N3O2. The summed E-state index contributed by atoms with van der Waals surface area (Å²) in [4.78, 5) is 29.0. The first-order chi connectivity index (χ1) is 15.1. The number of hydrogen-bond acceptors (Lipinski definition) is 3. The normalized spacial score (nSPS) is 14.8. The zero-order valence-electron chi connectivity index (χ0n) is 19.9. The van der Waals surface area contributed by atoms with E-state index in [1.165, 1.54) is 5.56 Å². The Kier molecular flexibility index (Phi) is 7.39. The second-order valence-electron chi connectivity index (χ2n) is 9.72. The fourth-order valence-electron chi connectivity index (χ4n) is 3.75. The quantitative estimate of drug-likeness (QED) is 0.663. The van der Waals surface area contributed by atoms with Gasteiger partial charge in [0.15, 0.2) is 0 Å². The molecular weight excluding hydrogens is 398 g/mol. The molecule has 1 saturated heterocycles. The second-order valence-corrected chi connectivity index (χ2v) is 9.72. The van der Waals surface area contributed by atoms with Crippen LogP contribution in [0, 0.1) is 5.41 Å². The Morgan fingerprint density at radius 2 is 1.50 bits per heavy atom. The molecule has 170 valence electrons. The average Bonchev–Trinajstić information content (AvgIpc) is 2.77. The summed E-state index contributed by atoms with van der Waals surface area (Å²) in [6.07, 6.45) is 3.38. The van der Waals surface area contributed by atoms with E-state index in [1.54, 1.807) is 6.08 Å². The van der Waals surface area contributed by atoms with Gasteiger partial charge in [0, 0.05) is 49.0 Å². The van der Waals surface area contributed by atoms with E-state index >= 15 is 0 Å². The number of rotatable bonds is 5. The number of nitrogens with zero attached hydrogens (tertiary/aromatic N) is 2. The molecule has 0 radical (unpaired) electrons. The highest BCUT2D eigenvalue weighted by molar-refractivity contribution is 6.02. The van der Waals surface area contributed by atoms with Crippen molar-refractivity contribution in [2.45, 2.75) is 40.5 Å². The Balaban J connectivity index is 1.51. The third-order valence-corrected chi connectivity index (χ3v) is 5.74. The van der Waals surface area contributed by atoms with Crippen molar-refractivity contribution in [2.24, 2.45) is 5.41 Å². The van der Waals surface area contributed by atoms with Gasteiger partial charge in [0.1, 0.15) is 0 Å². The monoisotopic (exact) mass is 433 g/mol. The number of nitrogens with one attached hydrogen (secondary N) is 1. The zero-order valence-corrected chi connectivity index (χ0v) is 19.9. The molecule has 1 N–H and O–H groups in total. The molecule has 0 aliphatic carbocycles. The van der Waals surface area contributed by atoms with Crippen LogP contribution in [-0.4, -0.2) is 42.9 Å². The van der Waals surface area contributed by atoms with E-state index in [2.05, 4.69) is 36.2 Å². The maximum absolute atomic E-state index is 12.5. The summed E-state index contributed by atoms with van der Waals surface area (Å²) in [6.45, 7) is 13.3. The third kappa shape index (κ3) is 6.22. The van der Waals surface area contributed by atoms with E-state index in [0.29, 0.717) is 5.92 Å². The van der Waals surface area contributed by atoms with Gasteiger partial charge in [-0.15, -0.1) is 0 Å². The molecule has 0 bridgehead atoms. The molecule has 1 aliphatic rings. The maximum Gasteiger partial charge on any atom is 0.248 e. The van der Waals surface area contributed by atoms with Crippen molar-refractivity contribution in [2.75, 3.05) is 36.4 Å². The smallest absolute Gasteiger partial charge is 0.248 e. The van der Waals surface area contributed by atoms with Crippen LogP contribution in [0.4, 0.5) is 11.4 Å². The molecule has 2 amide bonds. The van der Waals surface area contributed by atoms with Gasteiger partial charge >= 0.3 is 0 Å². The Morgan fingerprint density at radius 3 is 2.03 bits per heavy atom.